The lowest BCUT2D eigenvalue weighted by atomic mass is 9.87. The van der Waals surface area contributed by atoms with E-state index in [1.165, 1.54) is 13.2 Å². The Labute approximate surface area is 182 Å². The molecule has 1 amide bonds. The summed E-state index contributed by atoms with van der Waals surface area (Å²) >= 11 is 0. The van der Waals surface area contributed by atoms with Crippen LogP contribution in [0.25, 0.3) is 10.9 Å². The lowest BCUT2D eigenvalue weighted by Crippen LogP contribution is -2.20. The number of carbonyl (C=O) groups excluding carboxylic acids is 1. The molecule has 1 aromatic carbocycles. The molecule has 2 aromatic heterocycles. The molecule has 1 aliphatic rings. The van der Waals surface area contributed by atoms with Crippen molar-refractivity contribution in [3.05, 3.63) is 47.9 Å². The second-order valence-electron chi connectivity index (χ2n) is 7.94. The van der Waals surface area contributed by atoms with E-state index in [0.717, 1.165) is 43.2 Å². The van der Waals surface area contributed by atoms with Crippen LogP contribution in [0.4, 0.5) is 18.9 Å². The van der Waals surface area contributed by atoms with Gasteiger partial charge in [0.05, 0.1) is 24.4 Å². The Morgan fingerprint density at radius 1 is 1.25 bits per heavy atom. The molecule has 7 nitrogen and oxygen atoms in total. The second-order valence-corrected chi connectivity index (χ2v) is 7.94. The molecule has 0 saturated heterocycles. The highest BCUT2D eigenvalue weighted by atomic mass is 19.4. The van der Waals surface area contributed by atoms with Crippen molar-refractivity contribution in [2.24, 2.45) is 5.92 Å². The smallest absolute Gasteiger partial charge is 0.433 e. The Balaban J connectivity index is 1.58. The van der Waals surface area contributed by atoms with Gasteiger partial charge in [0.2, 0.25) is 0 Å². The van der Waals surface area contributed by atoms with Gasteiger partial charge in [-0.2, -0.15) is 18.3 Å². The van der Waals surface area contributed by atoms with Gasteiger partial charge in [-0.25, -0.2) is 4.98 Å². The normalized spacial score (nSPS) is 19.2. The summed E-state index contributed by atoms with van der Waals surface area (Å²) < 4.78 is 46.0. The fourth-order valence-electron chi connectivity index (χ4n) is 4.02. The zero-order valence-corrected chi connectivity index (χ0v) is 17.4. The lowest BCUT2D eigenvalue weighted by molar-refractivity contribution is -0.141. The van der Waals surface area contributed by atoms with Crippen LogP contribution in [0.2, 0.25) is 0 Å². The number of nitrogens with one attached hydrogen (secondary N) is 1. The molecule has 0 bridgehead atoms. The van der Waals surface area contributed by atoms with Crippen molar-refractivity contribution in [2.75, 3.05) is 19.0 Å². The summed E-state index contributed by atoms with van der Waals surface area (Å²) in [5.74, 6) is -0.0990. The Morgan fingerprint density at radius 3 is 2.66 bits per heavy atom. The number of benzene rings is 1. The zero-order chi connectivity index (χ0) is 22.9. The van der Waals surface area contributed by atoms with Gasteiger partial charge in [0, 0.05) is 24.3 Å². The van der Waals surface area contributed by atoms with Gasteiger partial charge in [-0.3, -0.25) is 9.48 Å². The average molecular weight is 448 g/mol. The molecular formula is C22H23F3N4O3. The first-order valence-corrected chi connectivity index (χ1v) is 10.3. The van der Waals surface area contributed by atoms with Crippen LogP contribution in [0, 0.1) is 5.92 Å². The molecule has 32 heavy (non-hydrogen) atoms. The van der Waals surface area contributed by atoms with Crippen LogP contribution in [0.1, 0.15) is 47.9 Å². The molecular weight excluding hydrogens is 425 g/mol. The number of anilines is 1. The molecule has 1 saturated carbocycles. The lowest BCUT2D eigenvalue weighted by Gasteiger charge is -2.27. The van der Waals surface area contributed by atoms with Crippen molar-refractivity contribution in [3.63, 3.8) is 0 Å². The number of carbonyl (C=O) groups is 1. The molecule has 0 radical (unpaired) electrons. The predicted molar refractivity (Wildman–Crippen MR) is 112 cm³/mol. The van der Waals surface area contributed by atoms with Crippen LogP contribution >= 0.6 is 0 Å². The first-order chi connectivity index (χ1) is 15.3. The van der Waals surface area contributed by atoms with Crippen LogP contribution in [0.15, 0.2) is 36.5 Å². The van der Waals surface area contributed by atoms with E-state index in [0.29, 0.717) is 22.9 Å². The van der Waals surface area contributed by atoms with E-state index in [2.05, 4.69) is 15.4 Å². The van der Waals surface area contributed by atoms with E-state index in [1.807, 2.05) is 10.9 Å². The standard InChI is InChI=1S/C22H23F3N4O3/c1-32-19-10-17-14(11-29(28-17)15-7-5-13(12-30)6-8-15)9-18(19)27-21(31)16-3-2-4-20(26-16)22(23,24)25/h2-4,9-11,13,15,30H,5-8,12H2,1H3,(H,27,31). The van der Waals surface area contributed by atoms with E-state index in [4.69, 9.17) is 4.74 Å². The summed E-state index contributed by atoms with van der Waals surface area (Å²) in [4.78, 5) is 16.0. The third-order valence-corrected chi connectivity index (χ3v) is 5.81. The Bertz CT molecular complexity index is 1120. The molecule has 0 unspecified atom stereocenters. The van der Waals surface area contributed by atoms with Gasteiger partial charge < -0.3 is 15.2 Å². The number of amides is 1. The van der Waals surface area contributed by atoms with Crippen LogP contribution in [-0.4, -0.2) is 39.5 Å². The topological polar surface area (TPSA) is 89.3 Å². The number of hydrogen-bond acceptors (Lipinski definition) is 5. The molecule has 3 aromatic rings. The predicted octanol–water partition coefficient (Wildman–Crippen LogP) is 4.43. The van der Waals surface area contributed by atoms with E-state index >= 15 is 0 Å². The zero-order valence-electron chi connectivity index (χ0n) is 17.4. The van der Waals surface area contributed by atoms with E-state index in [-0.39, 0.29) is 18.3 Å². The molecule has 2 N–H and O–H groups in total. The second kappa shape index (κ2) is 8.78. The summed E-state index contributed by atoms with van der Waals surface area (Å²) in [6.45, 7) is 0.203. The number of methoxy groups -OCH3 is 1. The number of alkyl halides is 3. The van der Waals surface area contributed by atoms with Gasteiger partial charge in [-0.15, -0.1) is 0 Å². The average Bonchev–Trinajstić information content (AvgIpc) is 3.21. The summed E-state index contributed by atoms with van der Waals surface area (Å²) in [7, 11) is 1.44. The van der Waals surface area contributed by atoms with Crippen LogP contribution in [0.5, 0.6) is 5.75 Å². The first-order valence-electron chi connectivity index (χ1n) is 10.3. The minimum Gasteiger partial charge on any atom is -0.494 e. The minimum absolute atomic E-state index is 0.203. The van der Waals surface area contributed by atoms with Crippen LogP contribution in [0.3, 0.4) is 0 Å². The summed E-state index contributed by atoms with van der Waals surface area (Å²) in [5, 5.41) is 17.3. The number of fused-ring (bicyclic) bond motifs is 1. The highest BCUT2D eigenvalue weighted by Gasteiger charge is 2.33. The highest BCUT2D eigenvalue weighted by Crippen LogP contribution is 2.35. The maximum Gasteiger partial charge on any atom is 0.433 e. The van der Waals surface area contributed by atoms with Gasteiger partial charge in [0.15, 0.2) is 0 Å². The van der Waals surface area contributed by atoms with E-state index in [9.17, 15) is 23.1 Å². The third kappa shape index (κ3) is 4.55. The Morgan fingerprint density at radius 2 is 2.00 bits per heavy atom. The van der Waals surface area contributed by atoms with Crippen molar-refractivity contribution >= 4 is 22.5 Å². The Kier molecular flexibility index (Phi) is 6.05. The fourth-order valence-corrected chi connectivity index (χ4v) is 4.02. The van der Waals surface area contributed by atoms with Gasteiger partial charge in [0.1, 0.15) is 17.1 Å². The number of pyridine rings is 1. The summed E-state index contributed by atoms with van der Waals surface area (Å²) in [5.41, 5.74) is -0.489. The number of aromatic nitrogens is 3. The fraction of sp³-hybridized carbons (Fsp3) is 0.409. The molecule has 4 rings (SSSR count). The van der Waals surface area contributed by atoms with Gasteiger partial charge in [0.25, 0.3) is 5.91 Å². The Hall–Kier alpha value is -3.14. The van der Waals surface area contributed by atoms with E-state index in [1.54, 1.807) is 12.1 Å². The molecule has 0 spiro atoms. The van der Waals surface area contributed by atoms with Crippen molar-refractivity contribution in [2.45, 2.75) is 37.9 Å². The van der Waals surface area contributed by atoms with Crippen molar-refractivity contribution < 1.29 is 27.8 Å². The van der Waals surface area contributed by atoms with Crippen molar-refractivity contribution in [1.82, 2.24) is 14.8 Å². The number of aliphatic hydroxyl groups excluding tert-OH is 1. The number of rotatable bonds is 5. The maximum absolute atomic E-state index is 12.9. The molecule has 10 heteroatoms. The SMILES string of the molecule is COc1cc2nn(C3CCC(CO)CC3)cc2cc1NC(=O)c1cccc(C(F)(F)F)n1. The number of aliphatic hydroxyl groups is 1. The van der Waals surface area contributed by atoms with Gasteiger partial charge in [-0.1, -0.05) is 6.07 Å². The van der Waals surface area contributed by atoms with Gasteiger partial charge >= 0.3 is 6.18 Å². The molecule has 2 heterocycles. The first kappa shape index (κ1) is 22.1. The molecule has 170 valence electrons. The summed E-state index contributed by atoms with van der Waals surface area (Å²) in [6, 6.07) is 6.76. The van der Waals surface area contributed by atoms with Crippen LogP contribution < -0.4 is 10.1 Å². The highest BCUT2D eigenvalue weighted by molar-refractivity contribution is 6.05. The number of nitrogens with zero attached hydrogens (tertiary/aromatic N) is 3. The van der Waals surface area contributed by atoms with Crippen molar-refractivity contribution in [1.29, 1.82) is 0 Å². The quantitative estimate of drug-likeness (QED) is 0.603. The number of halogens is 3. The van der Waals surface area contributed by atoms with E-state index < -0.39 is 17.8 Å². The largest absolute Gasteiger partial charge is 0.494 e. The van der Waals surface area contributed by atoms with Crippen molar-refractivity contribution in [3.8, 4) is 5.75 Å². The maximum atomic E-state index is 12.9. The molecule has 0 aliphatic heterocycles. The molecule has 0 atom stereocenters. The number of ether oxygens (including phenoxy) is 1. The summed E-state index contributed by atoms with van der Waals surface area (Å²) in [6.07, 6.45) is 0.953. The molecule has 1 fully saturated rings. The molecule has 1 aliphatic carbocycles. The van der Waals surface area contributed by atoms with Gasteiger partial charge in [-0.05, 0) is 49.8 Å². The minimum atomic E-state index is -4.64. The third-order valence-electron chi connectivity index (χ3n) is 5.81. The number of hydrogen-bond donors (Lipinski definition) is 2. The monoisotopic (exact) mass is 448 g/mol. The van der Waals surface area contributed by atoms with Crippen LogP contribution in [-0.2, 0) is 6.18 Å².